The molecule has 0 radical (unpaired) electrons. The molecule has 2 aliphatic rings. The summed E-state index contributed by atoms with van der Waals surface area (Å²) in [4.78, 5) is 26.4. The van der Waals surface area contributed by atoms with Crippen molar-refractivity contribution in [2.24, 2.45) is 0 Å². The van der Waals surface area contributed by atoms with Crippen molar-refractivity contribution in [2.45, 2.75) is 43.5 Å². The Kier molecular flexibility index (Phi) is 6.24. The number of ketones is 1. The summed E-state index contributed by atoms with van der Waals surface area (Å²) >= 11 is 0. The zero-order valence-electron chi connectivity index (χ0n) is 16.9. The molecule has 1 aromatic rings. The molecule has 7 nitrogen and oxygen atoms in total. The highest BCUT2D eigenvalue weighted by Crippen LogP contribution is 2.30. The maximum absolute atomic E-state index is 13.2. The van der Waals surface area contributed by atoms with Crippen LogP contribution in [0.5, 0.6) is 0 Å². The highest BCUT2D eigenvalue weighted by atomic mass is 32.2. The first kappa shape index (κ1) is 21.3. The van der Waals surface area contributed by atoms with Crippen LogP contribution in [0.3, 0.4) is 0 Å². The Hall–Kier alpha value is -2.45. The van der Waals surface area contributed by atoms with Crippen molar-refractivity contribution in [1.29, 1.82) is 0 Å². The number of amides is 1. The molecule has 0 saturated carbocycles. The zero-order valence-corrected chi connectivity index (χ0v) is 17.7. The summed E-state index contributed by atoms with van der Waals surface area (Å²) in [6.45, 7) is 2.21. The van der Waals surface area contributed by atoms with Gasteiger partial charge in [-0.05, 0) is 56.9 Å². The lowest BCUT2D eigenvalue weighted by Gasteiger charge is -2.25. The summed E-state index contributed by atoms with van der Waals surface area (Å²) in [7, 11) is -0.599. The molecule has 0 aromatic heterocycles. The minimum Gasteiger partial charge on any atom is -0.411 e. The van der Waals surface area contributed by atoms with Crippen LogP contribution in [0.2, 0.25) is 0 Å². The normalized spacial score (nSPS) is 20.0. The van der Waals surface area contributed by atoms with E-state index in [0.29, 0.717) is 43.6 Å². The molecule has 1 saturated heterocycles. The second kappa shape index (κ2) is 8.51. The summed E-state index contributed by atoms with van der Waals surface area (Å²) in [6, 6.07) is 5.92. The lowest BCUT2D eigenvalue weighted by molar-refractivity contribution is -0.118. The third-order valence-corrected chi connectivity index (χ3v) is 7.02. The number of sulfonamides is 1. The standard InChI is InChI=1S/C21H26N2O5S/c1-15-9-11-18(12-10-15)29(26,27)23-13-5-8-19(23)20(24)16-6-4-7-17(14-16)28-21(25)22(2)3/h7,9-12,14,19H,4-6,8,13H2,1-3H3/t19-/m0/s1. The van der Waals surface area contributed by atoms with Gasteiger partial charge in [-0.3, -0.25) is 4.79 Å². The Balaban J connectivity index is 1.81. The Morgan fingerprint density at radius 2 is 1.86 bits per heavy atom. The molecule has 0 spiro atoms. The van der Waals surface area contributed by atoms with Crippen LogP contribution in [0.15, 0.2) is 52.6 Å². The SMILES string of the molecule is Cc1ccc(S(=O)(=O)N2CCC[C@H]2C(=O)C2=CC(OC(=O)N(C)C)=CCC2)cc1. The molecule has 1 aromatic carbocycles. The maximum atomic E-state index is 13.2. The van der Waals surface area contributed by atoms with Crippen LogP contribution in [0.25, 0.3) is 0 Å². The number of allylic oxidation sites excluding steroid dienone is 2. The van der Waals surface area contributed by atoms with Crippen LogP contribution in [0.4, 0.5) is 4.79 Å². The molecule has 8 heteroatoms. The van der Waals surface area contributed by atoms with Gasteiger partial charge in [0.05, 0.1) is 10.9 Å². The molecule has 1 aliphatic carbocycles. The van der Waals surface area contributed by atoms with Crippen LogP contribution in [0.1, 0.15) is 31.2 Å². The number of rotatable bonds is 5. The summed E-state index contributed by atoms with van der Waals surface area (Å²) in [6.07, 6.45) is 4.97. The first-order valence-electron chi connectivity index (χ1n) is 9.63. The maximum Gasteiger partial charge on any atom is 0.414 e. The van der Waals surface area contributed by atoms with Crippen molar-refractivity contribution in [3.63, 3.8) is 0 Å². The van der Waals surface area contributed by atoms with Crippen molar-refractivity contribution in [3.05, 3.63) is 53.3 Å². The first-order chi connectivity index (χ1) is 13.7. The predicted molar refractivity (Wildman–Crippen MR) is 109 cm³/mol. The van der Waals surface area contributed by atoms with E-state index < -0.39 is 22.2 Å². The largest absolute Gasteiger partial charge is 0.414 e. The average Bonchev–Trinajstić information content (AvgIpc) is 3.18. The van der Waals surface area contributed by atoms with Crippen molar-refractivity contribution >= 4 is 21.9 Å². The van der Waals surface area contributed by atoms with Gasteiger partial charge in [-0.2, -0.15) is 4.31 Å². The highest BCUT2D eigenvalue weighted by molar-refractivity contribution is 7.89. The van der Waals surface area contributed by atoms with Crippen LogP contribution in [0, 0.1) is 6.92 Å². The summed E-state index contributed by atoms with van der Waals surface area (Å²) in [5.74, 6) is 0.105. The second-order valence-corrected chi connectivity index (χ2v) is 9.42. The van der Waals surface area contributed by atoms with Crippen molar-refractivity contribution in [2.75, 3.05) is 20.6 Å². The van der Waals surface area contributed by atoms with E-state index in [4.69, 9.17) is 4.74 Å². The fraction of sp³-hybridized carbons (Fsp3) is 0.429. The number of carbonyl (C=O) groups excluding carboxylic acids is 2. The predicted octanol–water partition coefficient (Wildman–Crippen LogP) is 3.02. The number of hydrogen-bond acceptors (Lipinski definition) is 5. The van der Waals surface area contributed by atoms with Crippen molar-refractivity contribution in [1.82, 2.24) is 9.21 Å². The lowest BCUT2D eigenvalue weighted by Crippen LogP contribution is -2.41. The minimum absolute atomic E-state index is 0.195. The Labute approximate surface area is 171 Å². The van der Waals surface area contributed by atoms with E-state index in [9.17, 15) is 18.0 Å². The Bertz CT molecular complexity index is 961. The third-order valence-electron chi connectivity index (χ3n) is 5.10. The smallest absolute Gasteiger partial charge is 0.411 e. The van der Waals surface area contributed by atoms with Gasteiger partial charge in [0.25, 0.3) is 0 Å². The van der Waals surface area contributed by atoms with Gasteiger partial charge in [0.2, 0.25) is 10.0 Å². The van der Waals surface area contributed by atoms with Gasteiger partial charge in [0.1, 0.15) is 5.76 Å². The van der Waals surface area contributed by atoms with E-state index in [-0.39, 0.29) is 10.7 Å². The fourth-order valence-corrected chi connectivity index (χ4v) is 5.14. The van der Waals surface area contributed by atoms with Crippen LogP contribution in [-0.2, 0) is 19.6 Å². The summed E-state index contributed by atoms with van der Waals surface area (Å²) in [5, 5.41) is 0. The van der Waals surface area contributed by atoms with Crippen LogP contribution >= 0.6 is 0 Å². The number of Topliss-reactive ketones (excluding diaryl/α,β-unsaturated/α-hetero) is 1. The number of nitrogens with zero attached hydrogens (tertiary/aromatic N) is 2. The molecule has 1 atom stereocenters. The van der Waals surface area contributed by atoms with Gasteiger partial charge in [0, 0.05) is 26.2 Å². The minimum atomic E-state index is -3.75. The van der Waals surface area contributed by atoms with Gasteiger partial charge in [-0.15, -0.1) is 0 Å². The van der Waals surface area contributed by atoms with Crippen molar-refractivity contribution in [3.8, 4) is 0 Å². The molecule has 1 fully saturated rings. The number of ether oxygens (including phenoxy) is 1. The van der Waals surface area contributed by atoms with Crippen molar-refractivity contribution < 1.29 is 22.7 Å². The van der Waals surface area contributed by atoms with E-state index in [2.05, 4.69) is 0 Å². The topological polar surface area (TPSA) is 84.0 Å². The Morgan fingerprint density at radius 1 is 1.17 bits per heavy atom. The molecule has 29 heavy (non-hydrogen) atoms. The van der Waals surface area contributed by atoms with Gasteiger partial charge < -0.3 is 9.64 Å². The molecule has 156 valence electrons. The lowest BCUT2D eigenvalue weighted by atomic mass is 9.95. The Morgan fingerprint density at radius 3 is 2.52 bits per heavy atom. The molecule has 0 bridgehead atoms. The van der Waals surface area contributed by atoms with E-state index in [0.717, 1.165) is 5.56 Å². The molecule has 1 heterocycles. The number of hydrogen-bond donors (Lipinski definition) is 0. The molecule has 3 rings (SSSR count). The average molecular weight is 419 g/mol. The van der Waals surface area contributed by atoms with Crippen LogP contribution < -0.4 is 0 Å². The van der Waals surface area contributed by atoms with Gasteiger partial charge >= 0.3 is 6.09 Å². The third kappa shape index (κ3) is 4.59. The van der Waals surface area contributed by atoms with Gasteiger partial charge in [-0.25, -0.2) is 13.2 Å². The molecule has 0 unspecified atom stereocenters. The molecule has 0 N–H and O–H groups in total. The second-order valence-electron chi connectivity index (χ2n) is 7.53. The van der Waals surface area contributed by atoms with E-state index in [1.54, 1.807) is 50.5 Å². The summed E-state index contributed by atoms with van der Waals surface area (Å²) in [5.41, 5.74) is 1.46. The summed E-state index contributed by atoms with van der Waals surface area (Å²) < 4.78 is 32.8. The number of aryl methyl sites for hydroxylation is 1. The molecule has 1 aliphatic heterocycles. The fourth-order valence-electron chi connectivity index (χ4n) is 3.48. The molecular formula is C21H26N2O5S. The highest BCUT2D eigenvalue weighted by Gasteiger charge is 2.40. The number of carbonyl (C=O) groups is 2. The number of benzene rings is 1. The van der Waals surface area contributed by atoms with E-state index >= 15 is 0 Å². The quantitative estimate of drug-likeness (QED) is 0.734. The molecular weight excluding hydrogens is 392 g/mol. The van der Waals surface area contributed by atoms with E-state index in [1.165, 1.54) is 9.21 Å². The van der Waals surface area contributed by atoms with Crippen LogP contribution in [-0.4, -0.2) is 56.2 Å². The van der Waals surface area contributed by atoms with Gasteiger partial charge in [-0.1, -0.05) is 17.7 Å². The zero-order chi connectivity index (χ0) is 21.2. The van der Waals surface area contributed by atoms with E-state index in [1.807, 2.05) is 6.92 Å². The van der Waals surface area contributed by atoms with Gasteiger partial charge in [0.15, 0.2) is 5.78 Å². The monoisotopic (exact) mass is 418 g/mol. The molecule has 1 amide bonds. The first-order valence-corrected chi connectivity index (χ1v) is 11.1.